The second kappa shape index (κ2) is 8.47. The van der Waals surface area contributed by atoms with E-state index >= 15 is 0 Å². The first-order valence-corrected chi connectivity index (χ1v) is 8.25. The van der Waals surface area contributed by atoms with Gasteiger partial charge in [0.2, 0.25) is 5.91 Å². The van der Waals surface area contributed by atoms with E-state index in [0.717, 1.165) is 25.7 Å². The molecule has 0 saturated heterocycles. The third kappa shape index (κ3) is 5.36. The van der Waals surface area contributed by atoms with E-state index in [2.05, 4.69) is 10.4 Å². The average Bonchev–Trinajstić information content (AvgIpc) is 3.01. The normalized spacial score (nSPS) is 15.0. The van der Waals surface area contributed by atoms with Gasteiger partial charge in [0.15, 0.2) is 0 Å². The fraction of sp³-hybridized carbons (Fsp3) is 0.625. The Morgan fingerprint density at radius 2 is 2.04 bits per heavy atom. The lowest BCUT2D eigenvalue weighted by atomic mass is 9.95. The van der Waals surface area contributed by atoms with Crippen LogP contribution in [0.25, 0.3) is 0 Å². The minimum Gasteiger partial charge on any atom is -0.481 e. The fourth-order valence-corrected chi connectivity index (χ4v) is 2.81. The van der Waals surface area contributed by atoms with Gasteiger partial charge in [0.05, 0.1) is 18.2 Å². The van der Waals surface area contributed by atoms with Crippen LogP contribution in [-0.4, -0.2) is 57.2 Å². The fourth-order valence-electron chi connectivity index (χ4n) is 2.81. The minimum atomic E-state index is -0.954. The van der Waals surface area contributed by atoms with Crippen LogP contribution in [0.2, 0.25) is 0 Å². The van der Waals surface area contributed by atoms with Crippen molar-refractivity contribution in [3.8, 4) is 0 Å². The summed E-state index contributed by atoms with van der Waals surface area (Å²) >= 11 is 0. The Hall–Kier alpha value is -2.38. The lowest BCUT2D eigenvalue weighted by molar-refractivity contribution is -0.137. The lowest BCUT2D eigenvalue weighted by Crippen LogP contribution is -2.38. The molecular weight excluding hydrogens is 312 g/mol. The van der Waals surface area contributed by atoms with Gasteiger partial charge in [-0.2, -0.15) is 5.10 Å². The molecule has 1 heterocycles. The zero-order valence-electron chi connectivity index (χ0n) is 13.9. The summed E-state index contributed by atoms with van der Waals surface area (Å²) in [7, 11) is 1.54. The average molecular weight is 336 g/mol. The number of hydrogen-bond donors (Lipinski definition) is 2. The lowest BCUT2D eigenvalue weighted by Gasteiger charge is -2.22. The molecule has 2 rings (SSSR count). The van der Waals surface area contributed by atoms with Gasteiger partial charge in [-0.15, -0.1) is 0 Å². The summed E-state index contributed by atoms with van der Waals surface area (Å²) in [6.07, 6.45) is 8.36. The quantitative estimate of drug-likeness (QED) is 0.769. The summed E-state index contributed by atoms with van der Waals surface area (Å²) in [6.45, 7) is 0.199. The number of hydrogen-bond acceptors (Lipinski definition) is 4. The number of carboxylic acid groups (broad SMARTS) is 1. The van der Waals surface area contributed by atoms with E-state index in [4.69, 9.17) is 5.11 Å². The molecular formula is C16H24N4O4. The summed E-state index contributed by atoms with van der Waals surface area (Å²) < 4.78 is 1.43. The monoisotopic (exact) mass is 336 g/mol. The van der Waals surface area contributed by atoms with Crippen molar-refractivity contribution in [1.82, 2.24) is 20.0 Å². The zero-order chi connectivity index (χ0) is 17.5. The number of aliphatic carboxylic acids is 1. The Balaban J connectivity index is 1.84. The summed E-state index contributed by atoms with van der Waals surface area (Å²) in [4.78, 5) is 36.1. The van der Waals surface area contributed by atoms with Crippen LogP contribution in [0.1, 0.15) is 48.9 Å². The van der Waals surface area contributed by atoms with Crippen molar-refractivity contribution < 1.29 is 19.5 Å². The van der Waals surface area contributed by atoms with Crippen LogP contribution in [-0.2, 0) is 16.1 Å². The number of nitrogens with zero attached hydrogens (tertiary/aromatic N) is 3. The molecule has 2 amide bonds. The van der Waals surface area contributed by atoms with Crippen molar-refractivity contribution in [3.05, 3.63) is 18.0 Å². The zero-order valence-corrected chi connectivity index (χ0v) is 13.9. The molecule has 24 heavy (non-hydrogen) atoms. The summed E-state index contributed by atoms with van der Waals surface area (Å²) in [5.74, 6) is -1.37. The SMILES string of the molecule is CN(CCC(=O)O)C(=O)c1cnn(CC(=O)NC2CCCCC2)c1. The van der Waals surface area contributed by atoms with Crippen LogP contribution in [0.4, 0.5) is 0 Å². The van der Waals surface area contributed by atoms with Gasteiger partial charge in [0.25, 0.3) is 5.91 Å². The molecule has 8 heteroatoms. The molecule has 132 valence electrons. The maximum atomic E-state index is 12.2. The molecule has 0 radical (unpaired) electrons. The van der Waals surface area contributed by atoms with E-state index in [1.165, 1.54) is 28.4 Å². The Morgan fingerprint density at radius 1 is 1.33 bits per heavy atom. The first-order chi connectivity index (χ1) is 11.5. The first-order valence-electron chi connectivity index (χ1n) is 8.25. The van der Waals surface area contributed by atoms with Crippen molar-refractivity contribution in [1.29, 1.82) is 0 Å². The number of carbonyl (C=O) groups is 3. The second-order valence-corrected chi connectivity index (χ2v) is 6.20. The highest BCUT2D eigenvalue weighted by molar-refractivity contribution is 5.93. The van der Waals surface area contributed by atoms with Gasteiger partial charge in [-0.05, 0) is 12.8 Å². The Kier molecular flexibility index (Phi) is 6.34. The van der Waals surface area contributed by atoms with Crippen LogP contribution < -0.4 is 5.32 Å². The summed E-state index contributed by atoms with van der Waals surface area (Å²) in [6, 6.07) is 0.241. The molecule has 1 aromatic heterocycles. The largest absolute Gasteiger partial charge is 0.481 e. The van der Waals surface area contributed by atoms with Gasteiger partial charge in [-0.3, -0.25) is 19.1 Å². The smallest absolute Gasteiger partial charge is 0.305 e. The Labute approximate surface area is 140 Å². The molecule has 0 atom stereocenters. The number of nitrogens with one attached hydrogen (secondary N) is 1. The molecule has 0 aromatic carbocycles. The highest BCUT2D eigenvalue weighted by Gasteiger charge is 2.18. The standard InChI is InChI=1S/C16H24N4O4/c1-19(8-7-15(22)23)16(24)12-9-17-20(10-12)11-14(21)18-13-5-3-2-4-6-13/h9-10,13H,2-8,11H2,1H3,(H,18,21)(H,22,23). The molecule has 8 nitrogen and oxygen atoms in total. The molecule has 0 spiro atoms. The maximum Gasteiger partial charge on any atom is 0.305 e. The van der Waals surface area contributed by atoms with Gasteiger partial charge >= 0.3 is 5.97 Å². The first kappa shape index (κ1) is 18.0. The highest BCUT2D eigenvalue weighted by Crippen LogP contribution is 2.17. The van der Waals surface area contributed by atoms with Crippen LogP contribution in [0.5, 0.6) is 0 Å². The van der Waals surface area contributed by atoms with E-state index in [1.54, 1.807) is 7.05 Å². The third-order valence-electron chi connectivity index (χ3n) is 4.16. The summed E-state index contributed by atoms with van der Waals surface area (Å²) in [5.41, 5.74) is 0.341. The van der Waals surface area contributed by atoms with Gasteiger partial charge in [-0.25, -0.2) is 0 Å². The number of amides is 2. The van der Waals surface area contributed by atoms with Crippen LogP contribution in [0.3, 0.4) is 0 Å². The van der Waals surface area contributed by atoms with Crippen molar-refractivity contribution in [2.24, 2.45) is 0 Å². The number of carbonyl (C=O) groups excluding carboxylic acids is 2. The molecule has 1 aliphatic rings. The predicted molar refractivity (Wildman–Crippen MR) is 86.5 cm³/mol. The van der Waals surface area contributed by atoms with Crippen LogP contribution in [0, 0.1) is 0 Å². The van der Waals surface area contributed by atoms with E-state index in [1.807, 2.05) is 0 Å². The van der Waals surface area contributed by atoms with Crippen molar-refractivity contribution in [2.45, 2.75) is 51.1 Å². The summed E-state index contributed by atoms with van der Waals surface area (Å²) in [5, 5.41) is 15.7. The Bertz CT molecular complexity index is 593. The van der Waals surface area contributed by atoms with Crippen molar-refractivity contribution in [2.75, 3.05) is 13.6 Å². The van der Waals surface area contributed by atoms with E-state index in [9.17, 15) is 14.4 Å². The Morgan fingerprint density at radius 3 is 2.71 bits per heavy atom. The highest BCUT2D eigenvalue weighted by atomic mass is 16.4. The van der Waals surface area contributed by atoms with Crippen LogP contribution >= 0.6 is 0 Å². The van der Waals surface area contributed by atoms with Crippen molar-refractivity contribution in [3.63, 3.8) is 0 Å². The van der Waals surface area contributed by atoms with Gasteiger partial charge < -0.3 is 15.3 Å². The molecule has 1 saturated carbocycles. The molecule has 1 aromatic rings. The second-order valence-electron chi connectivity index (χ2n) is 6.20. The third-order valence-corrected chi connectivity index (χ3v) is 4.16. The number of carboxylic acids is 1. The predicted octanol–water partition coefficient (Wildman–Crippen LogP) is 0.879. The molecule has 1 aliphatic carbocycles. The van der Waals surface area contributed by atoms with E-state index < -0.39 is 5.97 Å². The van der Waals surface area contributed by atoms with Gasteiger partial charge in [-0.1, -0.05) is 19.3 Å². The number of aromatic nitrogens is 2. The molecule has 1 fully saturated rings. The molecule has 0 bridgehead atoms. The molecule has 0 aliphatic heterocycles. The van der Waals surface area contributed by atoms with Gasteiger partial charge in [0.1, 0.15) is 6.54 Å². The van der Waals surface area contributed by atoms with Crippen LogP contribution in [0.15, 0.2) is 12.4 Å². The molecule has 0 unspecified atom stereocenters. The minimum absolute atomic E-state index is 0.0720. The van der Waals surface area contributed by atoms with Crippen molar-refractivity contribution >= 4 is 17.8 Å². The molecule has 2 N–H and O–H groups in total. The number of rotatable bonds is 7. The van der Waals surface area contributed by atoms with Gasteiger partial charge in [0, 0.05) is 25.8 Å². The maximum absolute atomic E-state index is 12.2. The van der Waals surface area contributed by atoms with E-state index in [-0.39, 0.29) is 37.4 Å². The van der Waals surface area contributed by atoms with E-state index in [0.29, 0.717) is 5.56 Å². The topological polar surface area (TPSA) is 105 Å².